The van der Waals surface area contributed by atoms with Crippen LogP contribution in [0.25, 0.3) is 10.9 Å². The first kappa shape index (κ1) is 27.9. The van der Waals surface area contributed by atoms with Crippen LogP contribution in [0.3, 0.4) is 0 Å². The van der Waals surface area contributed by atoms with Crippen LogP contribution in [0.15, 0.2) is 72.9 Å². The Balaban J connectivity index is 1.52. The van der Waals surface area contributed by atoms with Gasteiger partial charge in [0.1, 0.15) is 12.4 Å². The lowest BCUT2D eigenvalue weighted by Gasteiger charge is -2.28. The van der Waals surface area contributed by atoms with Crippen LogP contribution in [0.1, 0.15) is 42.0 Å². The quantitative estimate of drug-likeness (QED) is 0.224. The zero-order valence-electron chi connectivity index (χ0n) is 23.0. The minimum absolute atomic E-state index is 0.0359. The topological polar surface area (TPSA) is 68.4 Å². The van der Waals surface area contributed by atoms with Crippen LogP contribution in [0.4, 0.5) is 14.9 Å². The number of amides is 3. The molecule has 2 N–H and O–H groups in total. The van der Waals surface area contributed by atoms with Crippen molar-refractivity contribution in [2.24, 2.45) is 0 Å². The van der Waals surface area contributed by atoms with Crippen molar-refractivity contribution >= 4 is 28.5 Å². The number of unbranched alkanes of at least 4 members (excludes halogenated alkanes) is 1. The molecule has 0 saturated carbocycles. The number of anilines is 1. The molecule has 0 fully saturated rings. The van der Waals surface area contributed by atoms with Crippen molar-refractivity contribution in [3.05, 3.63) is 101 Å². The molecule has 0 bridgehead atoms. The number of aryl methyl sites for hydroxylation is 2. The molecule has 0 aliphatic carbocycles. The van der Waals surface area contributed by atoms with E-state index in [-0.39, 0.29) is 24.3 Å². The number of benzene rings is 3. The number of aromatic nitrogens is 1. The van der Waals surface area contributed by atoms with E-state index in [1.807, 2.05) is 56.4 Å². The summed E-state index contributed by atoms with van der Waals surface area (Å²) < 4.78 is 13.5. The molecule has 0 atom stereocenters. The van der Waals surface area contributed by atoms with Crippen LogP contribution in [0.2, 0.25) is 0 Å². The van der Waals surface area contributed by atoms with E-state index in [4.69, 9.17) is 0 Å². The third-order valence-corrected chi connectivity index (χ3v) is 7.07. The van der Waals surface area contributed by atoms with Crippen molar-refractivity contribution < 1.29 is 14.0 Å². The molecule has 1 aromatic heterocycles. The highest BCUT2D eigenvalue weighted by Crippen LogP contribution is 2.21. The van der Waals surface area contributed by atoms with Crippen LogP contribution in [0.5, 0.6) is 0 Å². The van der Waals surface area contributed by atoms with Crippen LogP contribution in [-0.4, -0.2) is 46.4 Å². The Hall–Kier alpha value is -4.13. The number of nitrogens with one attached hydrogen (secondary N) is 2. The van der Waals surface area contributed by atoms with Crippen molar-refractivity contribution in [2.75, 3.05) is 25.0 Å². The fraction of sp³-hybridized carbons (Fsp3) is 0.312. The summed E-state index contributed by atoms with van der Waals surface area (Å²) in [5.41, 5.74) is 5.74. The molecule has 0 aliphatic rings. The molecule has 4 rings (SSSR count). The van der Waals surface area contributed by atoms with Crippen molar-refractivity contribution in [3.63, 3.8) is 0 Å². The van der Waals surface area contributed by atoms with E-state index in [0.717, 1.165) is 51.7 Å². The molecule has 6 nitrogen and oxygen atoms in total. The Morgan fingerprint density at radius 1 is 0.897 bits per heavy atom. The molecule has 7 heteroatoms. The van der Waals surface area contributed by atoms with Gasteiger partial charge in [-0.1, -0.05) is 61.9 Å². The maximum Gasteiger partial charge on any atom is 0.322 e. The maximum atomic E-state index is 13.7. The molecule has 0 spiro atoms. The summed E-state index contributed by atoms with van der Waals surface area (Å²) in [6.07, 6.45) is 4.33. The number of H-pyrrole nitrogens is 1. The van der Waals surface area contributed by atoms with Gasteiger partial charge in [0.2, 0.25) is 5.91 Å². The first-order valence-corrected chi connectivity index (χ1v) is 13.5. The first-order valence-electron chi connectivity index (χ1n) is 13.5. The largest absolute Gasteiger partial charge is 0.361 e. The summed E-state index contributed by atoms with van der Waals surface area (Å²) in [5, 5.41) is 4.16. The van der Waals surface area contributed by atoms with Gasteiger partial charge in [-0.15, -0.1) is 0 Å². The van der Waals surface area contributed by atoms with E-state index in [2.05, 4.69) is 23.3 Å². The number of hydrogen-bond donors (Lipinski definition) is 2. The minimum Gasteiger partial charge on any atom is -0.361 e. The maximum absolute atomic E-state index is 13.7. The van der Waals surface area contributed by atoms with Crippen LogP contribution >= 0.6 is 0 Å². The Bertz CT molecular complexity index is 1390. The van der Waals surface area contributed by atoms with Gasteiger partial charge in [0.15, 0.2) is 0 Å². The van der Waals surface area contributed by atoms with E-state index in [1.165, 1.54) is 12.1 Å². The van der Waals surface area contributed by atoms with Crippen molar-refractivity contribution in [3.8, 4) is 0 Å². The van der Waals surface area contributed by atoms with Gasteiger partial charge < -0.3 is 20.1 Å². The Labute approximate surface area is 229 Å². The molecule has 3 amide bonds. The van der Waals surface area contributed by atoms with Crippen molar-refractivity contribution in [1.82, 2.24) is 14.8 Å². The van der Waals surface area contributed by atoms with E-state index < -0.39 is 0 Å². The predicted octanol–water partition coefficient (Wildman–Crippen LogP) is 6.83. The van der Waals surface area contributed by atoms with Crippen LogP contribution in [0, 0.1) is 19.7 Å². The van der Waals surface area contributed by atoms with Crippen molar-refractivity contribution in [1.29, 1.82) is 0 Å². The highest BCUT2D eigenvalue weighted by Gasteiger charge is 2.22. The Morgan fingerprint density at radius 2 is 1.62 bits per heavy atom. The number of urea groups is 1. The summed E-state index contributed by atoms with van der Waals surface area (Å²) >= 11 is 0. The lowest BCUT2D eigenvalue weighted by Crippen LogP contribution is -2.45. The monoisotopic (exact) mass is 528 g/mol. The number of carbonyl (C=O) groups is 2. The summed E-state index contributed by atoms with van der Waals surface area (Å²) in [4.78, 5) is 33.7. The second-order valence-corrected chi connectivity index (χ2v) is 10.0. The molecule has 4 aromatic rings. The highest BCUT2D eigenvalue weighted by molar-refractivity contribution is 5.93. The zero-order chi connectivity index (χ0) is 27.8. The average molecular weight is 529 g/mol. The molecule has 0 aliphatic heterocycles. The number of para-hydroxylation sites is 2. The fourth-order valence-electron chi connectivity index (χ4n) is 4.76. The lowest BCUT2D eigenvalue weighted by atomic mass is 10.1. The first-order chi connectivity index (χ1) is 18.9. The average Bonchev–Trinajstić information content (AvgIpc) is 3.35. The number of rotatable bonds is 11. The van der Waals surface area contributed by atoms with Gasteiger partial charge in [0.05, 0.1) is 0 Å². The Morgan fingerprint density at radius 3 is 2.33 bits per heavy atom. The number of nitrogens with zero attached hydrogens (tertiary/aromatic N) is 2. The molecule has 0 saturated heterocycles. The highest BCUT2D eigenvalue weighted by atomic mass is 19.1. The standard InChI is InChI=1S/C32H37FN4O2/c1-4-5-18-37(32(39)35-31-23(2)9-8-10-24(31)3)22-30(38)36(21-25-13-15-27(33)16-14-25)19-17-26-20-34-29-12-7-6-11-28(26)29/h6-16,20,34H,4-5,17-19,21-22H2,1-3H3,(H,35,39). The van der Waals surface area contributed by atoms with Gasteiger partial charge in [-0.05, 0) is 67.1 Å². The summed E-state index contributed by atoms with van der Waals surface area (Å²) in [7, 11) is 0. The number of carbonyl (C=O) groups excluding carboxylic acids is 2. The smallest absolute Gasteiger partial charge is 0.322 e. The molecule has 1 heterocycles. The summed E-state index contributed by atoms with van der Waals surface area (Å²) in [6.45, 7) is 7.22. The summed E-state index contributed by atoms with van der Waals surface area (Å²) in [6, 6.07) is 19.9. The van der Waals surface area contributed by atoms with E-state index in [9.17, 15) is 14.0 Å². The van der Waals surface area contributed by atoms with Gasteiger partial charge in [0.25, 0.3) is 0 Å². The van der Waals surface area contributed by atoms with Gasteiger partial charge >= 0.3 is 6.03 Å². The Kier molecular flexibility index (Phi) is 9.36. The molecule has 0 radical (unpaired) electrons. The van der Waals surface area contributed by atoms with Gasteiger partial charge in [-0.25, -0.2) is 9.18 Å². The molecule has 204 valence electrons. The second kappa shape index (κ2) is 13.1. The van der Waals surface area contributed by atoms with E-state index in [1.54, 1.807) is 21.9 Å². The molecule has 3 aromatic carbocycles. The number of hydrogen-bond acceptors (Lipinski definition) is 2. The SMILES string of the molecule is CCCCN(CC(=O)N(CCc1c[nH]c2ccccc12)Cc1ccc(F)cc1)C(=O)Nc1c(C)cccc1C. The normalized spacial score (nSPS) is 11.0. The van der Waals surface area contributed by atoms with Crippen LogP contribution < -0.4 is 5.32 Å². The zero-order valence-corrected chi connectivity index (χ0v) is 23.0. The van der Waals surface area contributed by atoms with Gasteiger partial charge in [-0.3, -0.25) is 4.79 Å². The molecule has 0 unspecified atom stereocenters. The second-order valence-electron chi connectivity index (χ2n) is 10.0. The van der Waals surface area contributed by atoms with Crippen molar-refractivity contribution in [2.45, 2.75) is 46.6 Å². The third-order valence-electron chi connectivity index (χ3n) is 7.07. The van der Waals surface area contributed by atoms with Gasteiger partial charge in [0, 0.05) is 42.4 Å². The van der Waals surface area contributed by atoms with E-state index >= 15 is 0 Å². The minimum atomic E-state index is -0.315. The molecular weight excluding hydrogens is 491 g/mol. The molecular formula is C32H37FN4O2. The van der Waals surface area contributed by atoms with Gasteiger partial charge in [-0.2, -0.15) is 0 Å². The lowest BCUT2D eigenvalue weighted by molar-refractivity contribution is -0.132. The number of aromatic amines is 1. The number of halogens is 1. The van der Waals surface area contributed by atoms with Crippen LogP contribution in [-0.2, 0) is 17.8 Å². The predicted molar refractivity (Wildman–Crippen MR) is 155 cm³/mol. The number of fused-ring (bicyclic) bond motifs is 1. The molecule has 39 heavy (non-hydrogen) atoms. The van der Waals surface area contributed by atoms with E-state index in [0.29, 0.717) is 26.1 Å². The fourth-order valence-corrected chi connectivity index (χ4v) is 4.76. The summed E-state index contributed by atoms with van der Waals surface area (Å²) in [5.74, 6) is -0.462. The third kappa shape index (κ3) is 7.25.